The maximum atomic E-state index is 14.4. The number of likely N-dealkylation sites (tertiary alicyclic amines) is 1. The van der Waals surface area contributed by atoms with E-state index in [2.05, 4.69) is 62.6 Å². The Morgan fingerprint density at radius 1 is 1.10 bits per heavy atom. The molecule has 2 aliphatic heterocycles. The lowest BCUT2D eigenvalue weighted by atomic mass is 9.65. The summed E-state index contributed by atoms with van der Waals surface area (Å²) >= 11 is 6.30. The summed E-state index contributed by atoms with van der Waals surface area (Å²) < 4.78 is 31.7. The van der Waals surface area contributed by atoms with Gasteiger partial charge in [0.2, 0.25) is 5.91 Å². The van der Waals surface area contributed by atoms with Gasteiger partial charge in [-0.3, -0.25) is 9.78 Å². The number of piperidine rings is 1. The van der Waals surface area contributed by atoms with Gasteiger partial charge in [0.25, 0.3) is 5.15 Å². The number of halogens is 4. The Balaban J connectivity index is 0.000000451. The molecule has 4 heterocycles. The van der Waals surface area contributed by atoms with Gasteiger partial charge in [0.15, 0.2) is 5.69 Å². The van der Waals surface area contributed by atoms with Crippen LogP contribution in [0.1, 0.15) is 60.0 Å². The summed E-state index contributed by atoms with van der Waals surface area (Å²) in [6, 6.07) is 19.1. The highest BCUT2D eigenvalue weighted by molar-refractivity contribution is 6.28. The van der Waals surface area contributed by atoms with E-state index in [1.807, 2.05) is 24.5 Å². The number of aromatic amines is 1. The molecule has 2 aromatic heterocycles. The van der Waals surface area contributed by atoms with E-state index < -0.39 is 12.1 Å². The molecule has 1 unspecified atom stereocenters. The topological polar surface area (TPSA) is 101 Å². The number of carbonyl (C=O) groups is 2. The van der Waals surface area contributed by atoms with Crippen LogP contribution in [0, 0.1) is 5.92 Å². The molecule has 222 valence electrons. The Hall–Kier alpha value is -3.50. The Morgan fingerprint density at radius 2 is 1.83 bits per heavy atom. The summed E-state index contributed by atoms with van der Waals surface area (Å²) in [6.07, 6.45) is 3.75. The lowest BCUT2D eigenvalue weighted by Gasteiger charge is -2.43. The quantitative estimate of drug-likeness (QED) is 0.441. The summed E-state index contributed by atoms with van der Waals surface area (Å²) in [6.45, 7) is 2.59. The van der Waals surface area contributed by atoms with Gasteiger partial charge >= 0.3 is 12.1 Å². The zero-order valence-electron chi connectivity index (χ0n) is 23.0. The normalized spacial score (nSPS) is 25.3. The fraction of sp³-hybridized carbons (Fsp3) is 0.419. The molecule has 1 spiro atoms. The van der Waals surface area contributed by atoms with E-state index in [0.717, 1.165) is 57.3 Å². The van der Waals surface area contributed by atoms with Crippen LogP contribution in [0.25, 0.3) is 0 Å². The van der Waals surface area contributed by atoms with Crippen LogP contribution in [-0.4, -0.2) is 52.7 Å². The van der Waals surface area contributed by atoms with E-state index >= 15 is 0 Å². The molecule has 1 amide bonds. The minimum absolute atomic E-state index is 0.0245. The SMILES string of the molecule is O=C(O)C(F)(F)F.O=C([C@@H]1C[NH2+]C[C@]12CCCc1[nH+]c(Cl)ccc12)N1CC[C@@H](c2ccccc2)CC1c1cccnc1. The lowest BCUT2D eigenvalue weighted by Crippen LogP contribution is -2.82. The van der Waals surface area contributed by atoms with Gasteiger partial charge in [-0.2, -0.15) is 18.2 Å². The Morgan fingerprint density at radius 3 is 2.52 bits per heavy atom. The minimum atomic E-state index is -5.08. The third-order valence-electron chi connectivity index (χ3n) is 8.92. The molecule has 2 fully saturated rings. The van der Waals surface area contributed by atoms with E-state index in [4.69, 9.17) is 21.5 Å². The standard InChI is InChI=1S/C29H31ClN4O.C2HF3O2/c30-27-11-10-23-25(33-27)9-4-13-29(23)19-32-18-24(29)28(35)34-15-12-21(20-6-2-1-3-7-20)16-26(34)22-8-5-14-31-17-22;3-2(4,5)1(6)7/h1-3,5-8,10-11,14,17,21,24,26,32H,4,9,12-13,15-16,18-19H2;(H,6,7)/p+2/t21-,24+,26?,29+;/m1./s1. The largest absolute Gasteiger partial charge is 0.490 e. The molecular weight excluding hydrogens is 569 g/mol. The van der Waals surface area contributed by atoms with Crippen LogP contribution in [0.5, 0.6) is 0 Å². The number of nitrogens with two attached hydrogens (primary N) is 1. The third-order valence-corrected chi connectivity index (χ3v) is 9.14. The van der Waals surface area contributed by atoms with Crippen LogP contribution in [-0.2, 0) is 21.4 Å². The molecule has 11 heteroatoms. The molecule has 1 aromatic carbocycles. The van der Waals surface area contributed by atoms with Gasteiger partial charge in [0.05, 0.1) is 24.5 Å². The second-order valence-corrected chi connectivity index (χ2v) is 11.7. The van der Waals surface area contributed by atoms with E-state index in [-0.39, 0.29) is 17.4 Å². The number of hydrogen-bond acceptors (Lipinski definition) is 3. The molecule has 0 saturated carbocycles. The van der Waals surface area contributed by atoms with E-state index in [0.29, 0.717) is 17.0 Å². The number of nitrogens with zero attached hydrogens (tertiary/aromatic N) is 2. The van der Waals surface area contributed by atoms with Crippen LogP contribution >= 0.6 is 11.6 Å². The first-order valence-corrected chi connectivity index (χ1v) is 14.6. The van der Waals surface area contributed by atoms with Crippen molar-refractivity contribution in [2.45, 2.75) is 55.7 Å². The number of aryl methyl sites for hydroxylation is 1. The Kier molecular flexibility index (Phi) is 8.84. The predicted molar refractivity (Wildman–Crippen MR) is 149 cm³/mol. The molecular formula is C31H34ClF3N4O3+2. The van der Waals surface area contributed by atoms with Crippen molar-refractivity contribution in [3.8, 4) is 0 Å². The van der Waals surface area contributed by atoms with Crippen molar-refractivity contribution in [2.75, 3.05) is 19.6 Å². The summed E-state index contributed by atoms with van der Waals surface area (Å²) in [5, 5.41) is 10.1. The maximum absolute atomic E-state index is 14.4. The summed E-state index contributed by atoms with van der Waals surface area (Å²) in [5.41, 5.74) is 4.90. The number of carbonyl (C=O) groups excluding carboxylic acids is 1. The van der Waals surface area contributed by atoms with Gasteiger partial charge in [0.1, 0.15) is 5.92 Å². The molecule has 3 aliphatic rings. The van der Waals surface area contributed by atoms with E-state index in [1.54, 1.807) is 0 Å². The highest BCUT2D eigenvalue weighted by atomic mass is 35.5. The number of alkyl halides is 3. The molecule has 4 atom stereocenters. The zero-order chi connectivity index (χ0) is 29.9. The summed E-state index contributed by atoms with van der Waals surface area (Å²) in [4.78, 5) is 33.3. The number of fused-ring (bicyclic) bond motifs is 2. The van der Waals surface area contributed by atoms with E-state index in [1.165, 1.54) is 16.8 Å². The van der Waals surface area contributed by atoms with Crippen LogP contribution in [0.4, 0.5) is 13.2 Å². The molecule has 2 saturated heterocycles. The number of amides is 1. The van der Waals surface area contributed by atoms with Gasteiger partial charge in [-0.05, 0) is 66.5 Å². The Labute approximate surface area is 247 Å². The molecule has 4 N–H and O–H groups in total. The number of pyridine rings is 2. The first-order valence-electron chi connectivity index (χ1n) is 14.2. The van der Waals surface area contributed by atoms with Crippen molar-refractivity contribution in [1.29, 1.82) is 0 Å². The van der Waals surface area contributed by atoms with Gasteiger partial charge in [-0.1, -0.05) is 36.4 Å². The highest BCUT2D eigenvalue weighted by Crippen LogP contribution is 2.46. The minimum Gasteiger partial charge on any atom is -0.475 e. The van der Waals surface area contributed by atoms with Crippen LogP contribution in [0.15, 0.2) is 67.0 Å². The average Bonchev–Trinajstić information content (AvgIpc) is 3.41. The van der Waals surface area contributed by atoms with Crippen LogP contribution < -0.4 is 10.3 Å². The molecule has 0 bridgehead atoms. The monoisotopic (exact) mass is 602 g/mol. The molecule has 1 aliphatic carbocycles. The van der Waals surface area contributed by atoms with Crippen molar-refractivity contribution in [1.82, 2.24) is 9.88 Å². The lowest BCUT2D eigenvalue weighted by molar-refractivity contribution is -0.640. The van der Waals surface area contributed by atoms with Crippen molar-refractivity contribution in [2.24, 2.45) is 5.92 Å². The Bertz CT molecular complexity index is 1410. The van der Waals surface area contributed by atoms with Crippen LogP contribution in [0.2, 0.25) is 5.15 Å². The number of nitrogens with one attached hydrogen (secondary N) is 1. The fourth-order valence-corrected chi connectivity index (χ4v) is 7.20. The number of rotatable bonds is 3. The number of quaternary nitrogens is 1. The molecule has 7 nitrogen and oxygen atoms in total. The number of aliphatic carboxylic acids is 1. The molecule has 0 radical (unpaired) electrons. The smallest absolute Gasteiger partial charge is 0.475 e. The molecule has 3 aromatic rings. The summed E-state index contributed by atoms with van der Waals surface area (Å²) in [5.74, 6) is -2.03. The summed E-state index contributed by atoms with van der Waals surface area (Å²) in [7, 11) is 0. The van der Waals surface area contributed by atoms with Crippen molar-refractivity contribution in [3.63, 3.8) is 0 Å². The molecule has 6 rings (SSSR count). The van der Waals surface area contributed by atoms with Gasteiger partial charge in [0, 0.05) is 37.0 Å². The van der Waals surface area contributed by atoms with Gasteiger partial charge < -0.3 is 15.3 Å². The first-order chi connectivity index (χ1) is 20.1. The number of carboxylic acids is 1. The molecule has 42 heavy (non-hydrogen) atoms. The number of hydrogen-bond donors (Lipinski definition) is 2. The van der Waals surface area contributed by atoms with Crippen molar-refractivity contribution >= 4 is 23.5 Å². The van der Waals surface area contributed by atoms with Crippen molar-refractivity contribution in [3.05, 3.63) is 94.5 Å². The number of H-pyrrole nitrogens is 1. The predicted octanol–water partition coefficient (Wildman–Crippen LogP) is 4.10. The second kappa shape index (κ2) is 12.4. The van der Waals surface area contributed by atoms with Gasteiger partial charge in [-0.25, -0.2) is 4.79 Å². The zero-order valence-corrected chi connectivity index (χ0v) is 23.7. The fourth-order valence-electron chi connectivity index (χ4n) is 7.02. The highest BCUT2D eigenvalue weighted by Gasteiger charge is 2.56. The second-order valence-electron chi connectivity index (χ2n) is 11.3. The number of aromatic nitrogens is 2. The van der Waals surface area contributed by atoms with Crippen molar-refractivity contribution < 1.29 is 38.2 Å². The van der Waals surface area contributed by atoms with Crippen LogP contribution in [0.3, 0.4) is 0 Å². The first kappa shape index (κ1) is 30.0. The third kappa shape index (κ3) is 6.15. The number of carboxylic acid groups (broad SMARTS) is 1. The number of benzene rings is 1. The van der Waals surface area contributed by atoms with E-state index in [9.17, 15) is 18.0 Å². The van der Waals surface area contributed by atoms with Gasteiger partial charge in [-0.15, -0.1) is 0 Å². The maximum Gasteiger partial charge on any atom is 0.490 e. The average molecular weight is 603 g/mol.